The van der Waals surface area contributed by atoms with Gasteiger partial charge in [0.1, 0.15) is 17.6 Å². The molecule has 1 saturated carbocycles. The second kappa shape index (κ2) is 6.43. The van der Waals surface area contributed by atoms with Gasteiger partial charge in [0.05, 0.1) is 18.8 Å². The average molecular weight is 341 g/mol. The highest BCUT2D eigenvalue weighted by molar-refractivity contribution is 5.92. The number of anilines is 1. The predicted molar refractivity (Wildman–Crippen MR) is 94.2 cm³/mol. The number of likely N-dealkylation sites (N-methyl/N-ethyl adjacent to an activating group) is 2. The molecule has 0 N–H and O–H groups in total. The van der Waals surface area contributed by atoms with Crippen molar-refractivity contribution in [3.63, 3.8) is 0 Å². The van der Waals surface area contributed by atoms with E-state index in [0.29, 0.717) is 18.2 Å². The lowest BCUT2D eigenvalue weighted by Gasteiger charge is -2.37. The maximum Gasteiger partial charge on any atom is 0.275 e. The third-order valence-electron chi connectivity index (χ3n) is 4.86. The van der Waals surface area contributed by atoms with Crippen LogP contribution >= 0.6 is 0 Å². The van der Waals surface area contributed by atoms with E-state index in [1.54, 1.807) is 18.0 Å². The van der Waals surface area contributed by atoms with E-state index in [1.807, 2.05) is 18.2 Å². The molecule has 6 heteroatoms. The van der Waals surface area contributed by atoms with Gasteiger partial charge in [0.2, 0.25) is 0 Å². The van der Waals surface area contributed by atoms with Crippen molar-refractivity contribution in [2.24, 2.45) is 0 Å². The summed E-state index contributed by atoms with van der Waals surface area (Å²) in [7, 11) is 1.79. The number of hydrogen-bond donors (Lipinski definition) is 0. The van der Waals surface area contributed by atoms with Crippen LogP contribution in [-0.4, -0.2) is 48.7 Å². The van der Waals surface area contributed by atoms with Crippen molar-refractivity contribution in [1.82, 2.24) is 10.1 Å². The maximum absolute atomic E-state index is 12.6. The molecule has 1 aliphatic carbocycles. The third kappa shape index (κ3) is 3.21. The van der Waals surface area contributed by atoms with Crippen LogP contribution in [0, 0.1) is 0 Å². The second-order valence-electron chi connectivity index (χ2n) is 6.82. The molecule has 2 heterocycles. The first kappa shape index (κ1) is 16.0. The first-order chi connectivity index (χ1) is 12.2. The zero-order chi connectivity index (χ0) is 17.4. The van der Waals surface area contributed by atoms with Gasteiger partial charge in [0.25, 0.3) is 5.91 Å². The summed E-state index contributed by atoms with van der Waals surface area (Å²) in [5, 5.41) is 3.94. The van der Waals surface area contributed by atoms with Gasteiger partial charge in [-0.3, -0.25) is 4.79 Å². The lowest BCUT2D eigenvalue weighted by molar-refractivity contribution is 0.0699. The van der Waals surface area contributed by atoms with Crippen molar-refractivity contribution in [2.75, 3.05) is 31.6 Å². The number of benzene rings is 1. The molecule has 1 aromatic carbocycles. The topological polar surface area (TPSA) is 58.8 Å². The number of rotatable bonds is 5. The zero-order valence-electron chi connectivity index (χ0n) is 14.6. The van der Waals surface area contributed by atoms with E-state index in [9.17, 15) is 4.79 Å². The van der Waals surface area contributed by atoms with Gasteiger partial charge >= 0.3 is 0 Å². The maximum atomic E-state index is 12.6. The number of para-hydroxylation sites is 2. The van der Waals surface area contributed by atoms with E-state index in [0.717, 1.165) is 43.1 Å². The first-order valence-electron chi connectivity index (χ1n) is 8.88. The zero-order valence-corrected chi connectivity index (χ0v) is 14.6. The molecule has 0 radical (unpaired) electrons. The SMILES string of the molecule is CCN1C[C@@H](CN(C)C(=O)c2cc(C3CC3)on2)Oc2ccccc21. The number of nitrogens with zero attached hydrogens (tertiary/aromatic N) is 3. The number of carbonyl (C=O) groups is 1. The molecule has 4 rings (SSSR count). The van der Waals surface area contributed by atoms with E-state index < -0.39 is 0 Å². The quantitative estimate of drug-likeness (QED) is 0.837. The molecule has 2 aromatic rings. The summed E-state index contributed by atoms with van der Waals surface area (Å²) in [6.45, 7) is 4.30. The van der Waals surface area contributed by atoms with Crippen LogP contribution in [-0.2, 0) is 0 Å². The van der Waals surface area contributed by atoms with E-state index in [2.05, 4.69) is 23.0 Å². The molecule has 0 unspecified atom stereocenters. The monoisotopic (exact) mass is 341 g/mol. The summed E-state index contributed by atoms with van der Waals surface area (Å²) in [6, 6.07) is 9.82. The summed E-state index contributed by atoms with van der Waals surface area (Å²) in [4.78, 5) is 16.6. The van der Waals surface area contributed by atoms with Gasteiger partial charge < -0.3 is 19.1 Å². The van der Waals surface area contributed by atoms with Crippen LogP contribution in [0.15, 0.2) is 34.9 Å². The average Bonchev–Trinajstić information content (AvgIpc) is 3.37. The molecule has 1 amide bonds. The van der Waals surface area contributed by atoms with Crippen LogP contribution in [0.25, 0.3) is 0 Å². The Morgan fingerprint density at radius 3 is 2.92 bits per heavy atom. The Labute approximate surface area is 147 Å². The predicted octanol–water partition coefficient (Wildman–Crippen LogP) is 2.91. The summed E-state index contributed by atoms with van der Waals surface area (Å²) < 4.78 is 11.4. The Morgan fingerprint density at radius 1 is 1.36 bits per heavy atom. The smallest absolute Gasteiger partial charge is 0.275 e. The molecule has 1 atom stereocenters. The summed E-state index contributed by atoms with van der Waals surface area (Å²) >= 11 is 0. The minimum Gasteiger partial charge on any atom is -0.485 e. The minimum atomic E-state index is -0.124. The number of aromatic nitrogens is 1. The van der Waals surface area contributed by atoms with E-state index >= 15 is 0 Å². The molecular formula is C19H23N3O3. The van der Waals surface area contributed by atoms with Crippen molar-refractivity contribution in [1.29, 1.82) is 0 Å². The van der Waals surface area contributed by atoms with Crippen LogP contribution in [0.1, 0.15) is 41.9 Å². The second-order valence-corrected chi connectivity index (χ2v) is 6.82. The van der Waals surface area contributed by atoms with Gasteiger partial charge in [0, 0.05) is 25.6 Å². The van der Waals surface area contributed by atoms with Crippen LogP contribution in [0.2, 0.25) is 0 Å². The third-order valence-corrected chi connectivity index (χ3v) is 4.86. The molecule has 6 nitrogen and oxygen atoms in total. The Morgan fingerprint density at radius 2 is 2.16 bits per heavy atom. The number of amides is 1. The van der Waals surface area contributed by atoms with Gasteiger partial charge in [-0.25, -0.2) is 0 Å². The van der Waals surface area contributed by atoms with E-state index in [1.165, 1.54) is 0 Å². The Bertz CT molecular complexity index is 769. The molecule has 0 bridgehead atoms. The minimum absolute atomic E-state index is 0.0707. The number of hydrogen-bond acceptors (Lipinski definition) is 5. The lowest BCUT2D eigenvalue weighted by atomic mass is 10.1. The van der Waals surface area contributed by atoms with Gasteiger partial charge in [-0.05, 0) is 31.9 Å². The summed E-state index contributed by atoms with van der Waals surface area (Å²) in [6.07, 6.45) is 2.18. The summed E-state index contributed by atoms with van der Waals surface area (Å²) in [5.41, 5.74) is 1.49. The van der Waals surface area contributed by atoms with E-state index in [4.69, 9.17) is 9.26 Å². The molecular weight excluding hydrogens is 318 g/mol. The van der Waals surface area contributed by atoms with Gasteiger partial charge in [0.15, 0.2) is 5.69 Å². The highest BCUT2D eigenvalue weighted by atomic mass is 16.5. The summed E-state index contributed by atoms with van der Waals surface area (Å²) in [5.74, 6) is 2.03. The van der Waals surface area contributed by atoms with Crippen LogP contribution < -0.4 is 9.64 Å². The van der Waals surface area contributed by atoms with Crippen LogP contribution in [0.3, 0.4) is 0 Å². The Balaban J connectivity index is 1.43. The highest BCUT2D eigenvalue weighted by Crippen LogP contribution is 2.40. The number of ether oxygens (including phenoxy) is 1. The first-order valence-corrected chi connectivity index (χ1v) is 8.88. The fourth-order valence-corrected chi connectivity index (χ4v) is 3.31. The Kier molecular flexibility index (Phi) is 4.11. The molecule has 2 aliphatic rings. The fourth-order valence-electron chi connectivity index (χ4n) is 3.31. The number of carbonyl (C=O) groups excluding carboxylic acids is 1. The highest BCUT2D eigenvalue weighted by Gasteiger charge is 2.31. The fraction of sp³-hybridized carbons (Fsp3) is 0.474. The number of fused-ring (bicyclic) bond motifs is 1. The molecule has 1 aliphatic heterocycles. The van der Waals surface area contributed by atoms with Crippen molar-refractivity contribution in [3.05, 3.63) is 41.8 Å². The van der Waals surface area contributed by atoms with Crippen LogP contribution in [0.4, 0.5) is 5.69 Å². The normalized spacial score (nSPS) is 19.3. The largest absolute Gasteiger partial charge is 0.485 e. The van der Waals surface area contributed by atoms with Crippen molar-refractivity contribution >= 4 is 11.6 Å². The molecule has 0 saturated heterocycles. The van der Waals surface area contributed by atoms with Gasteiger partial charge in [-0.15, -0.1) is 0 Å². The van der Waals surface area contributed by atoms with Crippen molar-refractivity contribution in [3.8, 4) is 5.75 Å². The molecule has 1 aromatic heterocycles. The van der Waals surface area contributed by atoms with Gasteiger partial charge in [-0.2, -0.15) is 0 Å². The molecule has 1 fully saturated rings. The van der Waals surface area contributed by atoms with Crippen molar-refractivity contribution in [2.45, 2.75) is 31.8 Å². The van der Waals surface area contributed by atoms with Crippen molar-refractivity contribution < 1.29 is 14.1 Å². The molecule has 25 heavy (non-hydrogen) atoms. The van der Waals surface area contributed by atoms with E-state index in [-0.39, 0.29) is 12.0 Å². The van der Waals surface area contributed by atoms with Crippen LogP contribution in [0.5, 0.6) is 5.75 Å². The molecule has 0 spiro atoms. The lowest BCUT2D eigenvalue weighted by Crippen LogP contribution is -2.46. The standard InChI is InChI=1S/C19H23N3O3/c1-3-22-12-14(24-17-7-5-4-6-16(17)22)11-21(2)19(23)15-10-18(25-20-15)13-8-9-13/h4-7,10,13-14H,3,8-9,11-12H2,1-2H3/t14-/m1/s1. The Hall–Kier alpha value is -2.50. The molecule has 132 valence electrons. The van der Waals surface area contributed by atoms with Gasteiger partial charge in [-0.1, -0.05) is 17.3 Å².